The van der Waals surface area contributed by atoms with Gasteiger partial charge in [0.2, 0.25) is 5.95 Å². The number of aromatic nitrogens is 2. The number of aliphatic imine (C=N–C) groups is 1. The van der Waals surface area contributed by atoms with Gasteiger partial charge in [-0.3, -0.25) is 9.79 Å². The maximum absolute atomic E-state index is 15.1. The molecule has 1 aliphatic heterocycles. The predicted molar refractivity (Wildman–Crippen MR) is 164 cm³/mol. The van der Waals surface area contributed by atoms with E-state index >= 15 is 4.39 Å². The van der Waals surface area contributed by atoms with Crippen molar-refractivity contribution in [2.75, 3.05) is 32.6 Å². The topological polar surface area (TPSA) is 124 Å². The Morgan fingerprint density at radius 1 is 1.07 bits per heavy atom. The summed E-state index contributed by atoms with van der Waals surface area (Å²) in [5.74, 6) is 0.365. The molecule has 0 saturated carbocycles. The number of benzene rings is 3. The molecule has 1 aliphatic rings. The summed E-state index contributed by atoms with van der Waals surface area (Å²) >= 11 is 6.39. The Labute approximate surface area is 253 Å². The van der Waals surface area contributed by atoms with E-state index < -0.39 is 5.82 Å². The number of halogens is 3. The van der Waals surface area contributed by atoms with Gasteiger partial charge in [-0.1, -0.05) is 23.7 Å². The van der Waals surface area contributed by atoms with E-state index in [4.69, 9.17) is 36.8 Å². The Kier molecular flexibility index (Phi) is 9.95. The highest BCUT2D eigenvalue weighted by Crippen LogP contribution is 2.36. The molecule has 218 valence electrons. The highest BCUT2D eigenvalue weighted by Gasteiger charge is 2.25. The highest BCUT2D eigenvalue weighted by molar-refractivity contribution is 6.31. The molecule has 0 fully saturated rings. The predicted octanol–water partition coefficient (Wildman–Crippen LogP) is 5.55. The minimum absolute atomic E-state index is 0. The van der Waals surface area contributed by atoms with Gasteiger partial charge in [0.1, 0.15) is 17.3 Å². The molecule has 0 atom stereocenters. The lowest BCUT2D eigenvalue weighted by Crippen LogP contribution is -2.26. The third kappa shape index (κ3) is 6.30. The Morgan fingerprint density at radius 3 is 2.64 bits per heavy atom. The van der Waals surface area contributed by atoms with Crippen molar-refractivity contribution in [3.05, 3.63) is 93.9 Å². The van der Waals surface area contributed by atoms with Crippen LogP contribution in [0.1, 0.15) is 33.5 Å². The van der Waals surface area contributed by atoms with E-state index in [0.29, 0.717) is 70.2 Å². The van der Waals surface area contributed by atoms with Gasteiger partial charge in [-0.2, -0.15) is 0 Å². The van der Waals surface area contributed by atoms with E-state index in [9.17, 15) is 4.79 Å². The van der Waals surface area contributed by atoms with Crippen molar-refractivity contribution in [1.29, 1.82) is 0 Å². The lowest BCUT2D eigenvalue weighted by atomic mass is 9.94. The minimum atomic E-state index is -0.459. The number of carbonyl (C=O) groups is 1. The fraction of sp³-hybridized carbons (Fsp3) is 0.200. The molecule has 9 nitrogen and oxygen atoms in total. The second-order valence-electron chi connectivity index (χ2n) is 9.18. The average molecular weight is 612 g/mol. The Bertz CT molecular complexity index is 1650. The Balaban J connectivity index is 0.00000405. The van der Waals surface area contributed by atoms with Crippen molar-refractivity contribution >= 4 is 47.3 Å². The molecule has 5 rings (SSSR count). The summed E-state index contributed by atoms with van der Waals surface area (Å²) in [6.07, 6.45) is 2.36. The zero-order valence-corrected chi connectivity index (χ0v) is 24.5. The van der Waals surface area contributed by atoms with Crippen molar-refractivity contribution in [1.82, 2.24) is 15.3 Å². The monoisotopic (exact) mass is 610 g/mol. The van der Waals surface area contributed by atoms with Crippen LogP contribution in [-0.2, 0) is 6.54 Å². The molecule has 0 saturated heterocycles. The molecule has 4 N–H and O–H groups in total. The van der Waals surface area contributed by atoms with Gasteiger partial charge in [-0.25, -0.2) is 14.4 Å². The molecule has 0 aliphatic carbocycles. The second kappa shape index (κ2) is 13.6. The summed E-state index contributed by atoms with van der Waals surface area (Å²) in [4.78, 5) is 26.6. The fourth-order valence-corrected chi connectivity index (χ4v) is 4.76. The number of amides is 1. The van der Waals surface area contributed by atoms with E-state index in [-0.39, 0.29) is 30.4 Å². The maximum atomic E-state index is 15.1. The first-order valence-corrected chi connectivity index (χ1v) is 13.3. The molecule has 1 aromatic heterocycles. The van der Waals surface area contributed by atoms with Crippen LogP contribution in [0.3, 0.4) is 0 Å². The van der Waals surface area contributed by atoms with Crippen molar-refractivity contribution in [2.24, 2.45) is 10.7 Å². The molecule has 3 aromatic carbocycles. The molecule has 0 spiro atoms. The van der Waals surface area contributed by atoms with E-state index in [1.165, 1.54) is 20.3 Å². The Hall–Kier alpha value is -4.25. The lowest BCUT2D eigenvalue weighted by Gasteiger charge is -2.15. The van der Waals surface area contributed by atoms with Crippen LogP contribution in [0.5, 0.6) is 11.5 Å². The maximum Gasteiger partial charge on any atom is 0.255 e. The van der Waals surface area contributed by atoms with Crippen LogP contribution in [0, 0.1) is 5.82 Å². The van der Waals surface area contributed by atoms with Crippen LogP contribution in [-0.4, -0.2) is 48.9 Å². The fourth-order valence-electron chi connectivity index (χ4n) is 4.59. The van der Waals surface area contributed by atoms with Gasteiger partial charge < -0.3 is 25.8 Å². The summed E-state index contributed by atoms with van der Waals surface area (Å²) in [7, 11) is 2.99. The first-order valence-electron chi connectivity index (χ1n) is 12.9. The normalized spacial score (nSPS) is 11.7. The van der Waals surface area contributed by atoms with Crippen LogP contribution >= 0.6 is 24.0 Å². The Morgan fingerprint density at radius 2 is 1.88 bits per heavy atom. The number of fused-ring (bicyclic) bond motifs is 3. The summed E-state index contributed by atoms with van der Waals surface area (Å²) in [6, 6.07) is 15.1. The number of ether oxygens (including phenoxy) is 2. The largest absolute Gasteiger partial charge is 0.496 e. The van der Waals surface area contributed by atoms with Crippen molar-refractivity contribution in [3.8, 4) is 22.8 Å². The highest BCUT2D eigenvalue weighted by atomic mass is 35.5. The van der Waals surface area contributed by atoms with Gasteiger partial charge in [-0.05, 0) is 49.4 Å². The van der Waals surface area contributed by atoms with E-state index in [1.54, 1.807) is 48.7 Å². The summed E-state index contributed by atoms with van der Waals surface area (Å²) in [5, 5.41) is 6.49. The number of anilines is 2. The van der Waals surface area contributed by atoms with Gasteiger partial charge in [-0.15, -0.1) is 12.4 Å². The zero-order chi connectivity index (χ0) is 28.9. The SMILES string of the molecule is COc1cc(Nc2ncc3c(n2)-c2ccc(Cl)cc2C(c2c(F)cccc2OC)=NC3)ccc1C(=O)NCCCN.Cl. The summed E-state index contributed by atoms with van der Waals surface area (Å²) in [5.41, 5.74) is 9.92. The van der Waals surface area contributed by atoms with Crippen LogP contribution in [0.15, 0.2) is 65.8 Å². The molecular weight excluding hydrogens is 582 g/mol. The number of rotatable bonds is 9. The molecule has 0 radical (unpaired) electrons. The smallest absolute Gasteiger partial charge is 0.255 e. The van der Waals surface area contributed by atoms with Crippen molar-refractivity contribution in [3.63, 3.8) is 0 Å². The molecule has 12 heteroatoms. The molecule has 0 bridgehead atoms. The standard InChI is InChI=1S/C30H28ClFN6O3.ClH/c1-40-24-6-3-5-23(32)26(24)28-22-13-18(31)7-9-20(22)27-17(15-35-28)16-36-30(38-27)37-19-8-10-21(25(14-19)41-2)29(39)34-12-4-11-33;/h3,5-10,13-14,16H,4,11-12,15,33H2,1-2H3,(H,34,39)(H,36,37,38);1H. The minimum Gasteiger partial charge on any atom is -0.496 e. The van der Waals surface area contributed by atoms with Crippen LogP contribution in [0.4, 0.5) is 16.0 Å². The molecule has 2 heterocycles. The number of carbonyl (C=O) groups excluding carboxylic acids is 1. The van der Waals surface area contributed by atoms with Crippen LogP contribution in [0.2, 0.25) is 5.02 Å². The number of hydrogen-bond donors (Lipinski definition) is 3. The van der Waals surface area contributed by atoms with Crippen LogP contribution in [0.25, 0.3) is 11.3 Å². The van der Waals surface area contributed by atoms with Gasteiger partial charge >= 0.3 is 0 Å². The molecular formula is C30H29Cl2FN6O3. The first kappa shape index (κ1) is 30.7. The van der Waals surface area contributed by atoms with Gasteiger partial charge in [0, 0.05) is 46.2 Å². The van der Waals surface area contributed by atoms with Crippen molar-refractivity contribution < 1.29 is 18.7 Å². The van der Waals surface area contributed by atoms with Crippen LogP contribution < -0.4 is 25.8 Å². The third-order valence-corrected chi connectivity index (χ3v) is 6.80. The van der Waals surface area contributed by atoms with Gasteiger partial charge in [0.05, 0.1) is 43.3 Å². The number of nitrogens with zero attached hydrogens (tertiary/aromatic N) is 3. The molecule has 4 aromatic rings. The van der Waals surface area contributed by atoms with E-state index in [0.717, 1.165) is 11.1 Å². The van der Waals surface area contributed by atoms with E-state index in [1.807, 2.05) is 6.07 Å². The number of nitrogens with one attached hydrogen (secondary N) is 2. The first-order chi connectivity index (χ1) is 19.9. The van der Waals surface area contributed by atoms with Gasteiger partial charge in [0.25, 0.3) is 5.91 Å². The van der Waals surface area contributed by atoms with E-state index in [2.05, 4.69) is 15.6 Å². The quantitative estimate of drug-likeness (QED) is 0.212. The number of hydrogen-bond acceptors (Lipinski definition) is 8. The number of nitrogens with two attached hydrogens (primary N) is 1. The second-order valence-corrected chi connectivity index (χ2v) is 9.61. The van der Waals surface area contributed by atoms with Gasteiger partial charge in [0.15, 0.2) is 0 Å². The van der Waals surface area contributed by atoms with Crippen molar-refractivity contribution in [2.45, 2.75) is 13.0 Å². The third-order valence-electron chi connectivity index (χ3n) is 6.56. The summed E-state index contributed by atoms with van der Waals surface area (Å²) in [6.45, 7) is 1.18. The number of methoxy groups -OCH3 is 2. The average Bonchev–Trinajstić information content (AvgIpc) is 3.13. The summed E-state index contributed by atoms with van der Waals surface area (Å²) < 4.78 is 26.1. The lowest BCUT2D eigenvalue weighted by molar-refractivity contribution is 0.0950. The zero-order valence-electron chi connectivity index (χ0n) is 22.9. The molecule has 1 amide bonds. The molecule has 0 unspecified atom stereocenters. The molecule has 42 heavy (non-hydrogen) atoms.